The number of aliphatic hydroxyl groups is 1. The van der Waals surface area contributed by atoms with Gasteiger partial charge < -0.3 is 90.3 Å². The third-order valence-electron chi connectivity index (χ3n) is 18.9. The Morgan fingerprint density at radius 2 is 1.23 bits per heavy atom. The average Bonchev–Trinajstić information content (AvgIpc) is 1.62. The number of carbonyl (C=O) groups excluding carboxylic acids is 13. The molecule has 10 amide bonds. The predicted octanol–water partition coefficient (Wildman–Crippen LogP) is 0.624. The molecule has 0 bridgehead atoms. The van der Waals surface area contributed by atoms with Crippen LogP contribution in [0.25, 0.3) is 22.0 Å². The number of para-hydroxylation sites is 1. The molecule has 6 rings (SSSR count). The van der Waals surface area contributed by atoms with E-state index in [1.807, 2.05) is 66.7 Å². The molecule has 1 unspecified atom stereocenters. The first-order valence-electron chi connectivity index (χ1n) is 36.5. The summed E-state index contributed by atoms with van der Waals surface area (Å²) in [7, 11) is 0. The summed E-state index contributed by atoms with van der Waals surface area (Å²) in [6, 6.07) is 11.7. The SMILES string of the molecule is C=CC[C@H](NC(=O)[C@H](CCCCC(=N)N)NC(=O)[C@@H](CC(=O)[C@H](C)NC(=O)[C@H](CS)NC(=O)[C@H](CCCN=C(N)N)NC(=O)C1CCCN1C(=O)[C@H](CC(=O)O)NC(=O)[C@H](CO)NC(=O)[C@H](CCC)CC(=O)[C@H](CS)NC(=O)CCC(=O)OCC1c2ccccc2-c2ccccc21)Cc1cc2ccccc2[nH]1)C(N)=O. The molecule has 11 atom stereocenters. The number of aromatic amines is 1. The molecule has 20 N–H and O–H groups in total. The topological polar surface area (TPSA) is 544 Å². The van der Waals surface area contributed by atoms with Gasteiger partial charge in [0.25, 0.3) is 0 Å². The van der Waals surface area contributed by atoms with Crippen LogP contribution in [0, 0.1) is 17.2 Å². The first-order valence-corrected chi connectivity index (χ1v) is 37.8. The Hall–Kier alpha value is -10.7. The largest absolute Gasteiger partial charge is 0.481 e. The van der Waals surface area contributed by atoms with Crippen LogP contribution in [0.2, 0.25) is 0 Å². The Morgan fingerprint density at radius 3 is 1.84 bits per heavy atom. The number of guanidine groups is 1. The fraction of sp³-hybridized carbons (Fsp3) is 0.493. The Kier molecular flexibility index (Phi) is 35.4. The number of H-pyrrole nitrogens is 1. The van der Waals surface area contributed by atoms with Crippen LogP contribution >= 0.6 is 25.3 Å². The zero-order valence-corrected chi connectivity index (χ0v) is 63.4. The number of amidine groups is 1. The highest BCUT2D eigenvalue weighted by Gasteiger charge is 2.42. The number of ether oxygens (including phenoxy) is 1. The van der Waals surface area contributed by atoms with Gasteiger partial charge in [0.1, 0.15) is 48.9 Å². The molecule has 0 radical (unpaired) electrons. The highest BCUT2D eigenvalue weighted by atomic mass is 32.1. The number of amides is 10. The summed E-state index contributed by atoms with van der Waals surface area (Å²) in [6.45, 7) is 5.46. The van der Waals surface area contributed by atoms with Crippen molar-refractivity contribution < 1.29 is 82.1 Å². The number of thiol groups is 2. The van der Waals surface area contributed by atoms with E-state index in [1.165, 1.54) is 13.0 Å². The summed E-state index contributed by atoms with van der Waals surface area (Å²) in [5.41, 5.74) is 27.6. The van der Waals surface area contributed by atoms with Crippen molar-refractivity contribution in [1.82, 2.24) is 52.4 Å². The number of aliphatic carboxylic acids is 1. The van der Waals surface area contributed by atoms with Gasteiger partial charge in [0.15, 0.2) is 17.5 Å². The second-order valence-corrected chi connectivity index (χ2v) is 27.9. The lowest BCUT2D eigenvalue weighted by Crippen LogP contribution is -2.60. The lowest BCUT2D eigenvalue weighted by Gasteiger charge is -2.30. The van der Waals surface area contributed by atoms with Crippen molar-refractivity contribution in [2.75, 3.05) is 37.8 Å². The maximum atomic E-state index is 14.4. The fourth-order valence-corrected chi connectivity index (χ4v) is 13.6. The van der Waals surface area contributed by atoms with Crippen LogP contribution in [0.3, 0.4) is 0 Å². The lowest BCUT2D eigenvalue weighted by atomic mass is 9.92. The second-order valence-electron chi connectivity index (χ2n) is 27.2. The normalized spacial score (nSPS) is 15.6. The molecule has 1 aromatic heterocycles. The van der Waals surface area contributed by atoms with Gasteiger partial charge in [-0.25, -0.2) is 0 Å². The van der Waals surface area contributed by atoms with E-state index >= 15 is 0 Å². The van der Waals surface area contributed by atoms with E-state index in [9.17, 15) is 77.3 Å². The molecule has 35 heteroatoms. The Bertz CT molecular complexity index is 3940. The Morgan fingerprint density at radius 1 is 0.655 bits per heavy atom. The maximum Gasteiger partial charge on any atom is 0.306 e. The van der Waals surface area contributed by atoms with E-state index in [2.05, 4.69) is 84.3 Å². The minimum Gasteiger partial charge on any atom is -0.481 e. The summed E-state index contributed by atoms with van der Waals surface area (Å²) in [5.74, 6) is -15.8. The van der Waals surface area contributed by atoms with Crippen LogP contribution in [0.5, 0.6) is 0 Å². The number of Topliss-reactive ketones (excluding diaryl/α,β-unsaturated/α-hetero) is 2. The predicted molar refractivity (Wildman–Crippen MR) is 414 cm³/mol. The molecule has 3 aromatic carbocycles. The smallest absolute Gasteiger partial charge is 0.306 e. The minimum absolute atomic E-state index is 0.0121. The van der Waals surface area contributed by atoms with Gasteiger partial charge in [-0.1, -0.05) is 92.6 Å². The number of aliphatic hydroxyl groups excluding tert-OH is 1. The number of benzene rings is 3. The highest BCUT2D eigenvalue weighted by Crippen LogP contribution is 2.44. The molecule has 2 aliphatic rings. The quantitative estimate of drug-likeness (QED) is 0.00720. The molecule has 2 heterocycles. The molecular weight excluding hydrogens is 1460 g/mol. The monoisotopic (exact) mass is 1560 g/mol. The first kappa shape index (κ1) is 88.2. The van der Waals surface area contributed by atoms with Gasteiger partial charge in [-0.05, 0) is 104 Å². The number of carboxylic acids is 1. The zero-order valence-electron chi connectivity index (χ0n) is 61.6. The number of carboxylic acid groups (broad SMARTS) is 1. The molecule has 110 heavy (non-hydrogen) atoms. The van der Waals surface area contributed by atoms with Crippen LogP contribution < -0.4 is 65.5 Å². The maximum absolute atomic E-state index is 14.4. The van der Waals surface area contributed by atoms with E-state index in [1.54, 1.807) is 19.1 Å². The molecule has 1 aliphatic heterocycles. The van der Waals surface area contributed by atoms with Crippen LogP contribution in [0.1, 0.15) is 139 Å². The van der Waals surface area contributed by atoms with Crippen molar-refractivity contribution in [3.05, 3.63) is 108 Å². The number of nitrogens with one attached hydrogen (secondary N) is 10. The van der Waals surface area contributed by atoms with Gasteiger partial charge in [-0.2, -0.15) is 25.3 Å². The lowest BCUT2D eigenvalue weighted by molar-refractivity contribution is -0.146. The molecule has 0 saturated carbocycles. The summed E-state index contributed by atoms with van der Waals surface area (Å²) < 4.78 is 5.62. The molecule has 1 saturated heterocycles. The molecule has 596 valence electrons. The van der Waals surface area contributed by atoms with Gasteiger partial charge in [0, 0.05) is 73.3 Å². The van der Waals surface area contributed by atoms with E-state index < -0.39 is 175 Å². The van der Waals surface area contributed by atoms with Gasteiger partial charge in [0.05, 0.1) is 43.3 Å². The number of nitrogens with two attached hydrogens (primary N) is 4. The first-order chi connectivity index (χ1) is 52.5. The second kappa shape index (κ2) is 44.1. The Labute approximate surface area is 647 Å². The van der Waals surface area contributed by atoms with Crippen molar-refractivity contribution >= 4 is 131 Å². The van der Waals surface area contributed by atoms with Crippen molar-refractivity contribution in [3.8, 4) is 11.1 Å². The minimum atomic E-state index is -1.90. The number of esters is 1. The average molecular weight is 1560 g/mol. The van der Waals surface area contributed by atoms with Crippen LogP contribution in [-0.2, 0) is 78.3 Å². The van der Waals surface area contributed by atoms with Gasteiger partial charge in [-0.15, -0.1) is 6.58 Å². The molecule has 33 nitrogen and oxygen atoms in total. The molecule has 1 fully saturated rings. The third-order valence-corrected chi connectivity index (χ3v) is 19.7. The number of primary amides is 1. The van der Waals surface area contributed by atoms with Gasteiger partial charge >= 0.3 is 11.9 Å². The number of hydrogen-bond acceptors (Lipinski definition) is 20. The number of likely N-dealkylation sites (tertiary alicyclic amines) is 1. The summed E-state index contributed by atoms with van der Waals surface area (Å²) in [6.07, 6.45) is 0.0653. The number of rotatable bonds is 48. The standard InChI is InChI=1S/C75H102N16O17S2/c1-4-16-43(34-61(94)57(39-109)84-63(95)28-29-65(98)108-38-50-48-21-9-7-19-46(48)47-20-8-10-22-49(47)50)67(100)89-56(37-92)71(104)88-55(36-64(96)97)74(107)91-31-15-26-59(91)73(106)87-54(25-14-30-81-75(79)80)70(103)90-58(40-110)72(105)82-41(3)60(93)35-44(33-45-32-42-18-6-11-23-51(42)83-45)68(101)86-53(24-12-13-27-62(76)77)69(102)85-52(17-5-2)66(78)99/h5-11,18-23,32,41,43-44,50,52-59,83,92,109-110H,2,4,12-17,24-31,33-40H2,1,3H3,(H3,76,77)(H2,78,99)(H,82,105)(H,84,95)(H,85,102)(H,86,101)(H,87,106)(H,88,104)(H,89,100)(H,90,103)(H,96,97)(H4,79,80,81)/t41-,43+,44+,52-,53-,54-,55-,56-,57-,58-,59?/m0/s1. The van der Waals surface area contributed by atoms with E-state index in [0.717, 1.165) is 38.1 Å². The van der Waals surface area contributed by atoms with Gasteiger partial charge in [-0.3, -0.25) is 77.5 Å². The highest BCUT2D eigenvalue weighted by molar-refractivity contribution is 7.80. The van der Waals surface area contributed by atoms with Crippen molar-refractivity contribution in [1.29, 1.82) is 5.41 Å². The van der Waals surface area contributed by atoms with E-state index in [0.29, 0.717) is 25.0 Å². The van der Waals surface area contributed by atoms with Gasteiger partial charge in [0.2, 0.25) is 59.1 Å². The van der Waals surface area contributed by atoms with Crippen LogP contribution in [-0.4, -0.2) is 207 Å². The number of carbonyl (C=O) groups is 14. The number of nitrogens with zero attached hydrogens (tertiary/aromatic N) is 2. The number of unbranched alkanes of at least 4 members (excludes halogenated alkanes) is 1. The van der Waals surface area contributed by atoms with Crippen LogP contribution in [0.15, 0.2) is 96.5 Å². The zero-order chi connectivity index (χ0) is 80.7. The fourth-order valence-electron chi connectivity index (χ4n) is 13.1. The van der Waals surface area contributed by atoms with Crippen molar-refractivity contribution in [2.45, 2.75) is 183 Å². The number of aromatic nitrogens is 1. The number of fused-ring (bicyclic) bond motifs is 4. The number of ketones is 2. The van der Waals surface area contributed by atoms with Crippen molar-refractivity contribution in [3.63, 3.8) is 0 Å². The summed E-state index contributed by atoms with van der Waals surface area (Å²) in [4.78, 5) is 200. The summed E-state index contributed by atoms with van der Waals surface area (Å²) in [5, 5.41) is 49.1. The molecule has 0 spiro atoms. The Balaban J connectivity index is 1.07. The summed E-state index contributed by atoms with van der Waals surface area (Å²) >= 11 is 8.57. The molecule has 4 aromatic rings. The van der Waals surface area contributed by atoms with Crippen LogP contribution in [0.4, 0.5) is 0 Å². The van der Waals surface area contributed by atoms with E-state index in [4.69, 9.17) is 33.1 Å². The number of aliphatic imine (C=N–C) groups is 1. The van der Waals surface area contributed by atoms with E-state index in [-0.39, 0.29) is 120 Å². The number of hydrogen-bond donors (Lipinski definition) is 18. The third kappa shape index (κ3) is 26.6. The molecular formula is C75H102N16O17S2. The molecule has 1 aliphatic carbocycles. The van der Waals surface area contributed by atoms with Crippen molar-refractivity contribution in [2.24, 2.45) is 39.8 Å².